The SMILES string of the molecule is N[C@@H](Cc1ccccc1)C(=O)OB(O)O. The molecule has 1 atom stereocenters. The highest BCUT2D eigenvalue weighted by Gasteiger charge is 2.21. The second kappa shape index (κ2) is 5.50. The molecule has 1 aromatic rings. The van der Waals surface area contributed by atoms with Gasteiger partial charge in [-0.15, -0.1) is 0 Å². The number of carbonyl (C=O) groups is 1. The topological polar surface area (TPSA) is 92.8 Å². The Balaban J connectivity index is 2.49. The Labute approximate surface area is 87.7 Å². The van der Waals surface area contributed by atoms with Crippen LogP contribution in [-0.2, 0) is 15.9 Å². The van der Waals surface area contributed by atoms with E-state index in [-0.39, 0.29) is 0 Å². The summed E-state index contributed by atoms with van der Waals surface area (Å²) in [5.41, 5.74) is 6.38. The number of hydrogen-bond acceptors (Lipinski definition) is 5. The fourth-order valence-corrected chi connectivity index (χ4v) is 1.14. The summed E-state index contributed by atoms with van der Waals surface area (Å²) >= 11 is 0. The molecule has 15 heavy (non-hydrogen) atoms. The van der Waals surface area contributed by atoms with Crippen LogP contribution in [0.15, 0.2) is 30.3 Å². The molecular formula is C9H12BNO4. The lowest BCUT2D eigenvalue weighted by Gasteiger charge is -2.10. The van der Waals surface area contributed by atoms with Gasteiger partial charge in [0.05, 0.1) is 0 Å². The molecule has 0 saturated carbocycles. The number of benzene rings is 1. The third-order valence-corrected chi connectivity index (χ3v) is 1.82. The molecule has 6 heteroatoms. The molecule has 0 bridgehead atoms. The van der Waals surface area contributed by atoms with Crippen molar-refractivity contribution in [2.45, 2.75) is 12.5 Å². The molecule has 4 N–H and O–H groups in total. The summed E-state index contributed by atoms with van der Waals surface area (Å²) in [5.74, 6) is -0.839. The molecule has 0 fully saturated rings. The van der Waals surface area contributed by atoms with Crippen molar-refractivity contribution < 1.29 is 19.5 Å². The van der Waals surface area contributed by atoms with Gasteiger partial charge >= 0.3 is 13.3 Å². The Bertz CT molecular complexity index is 317. The van der Waals surface area contributed by atoms with Crippen molar-refractivity contribution in [1.29, 1.82) is 0 Å². The Morgan fingerprint density at radius 1 is 1.40 bits per heavy atom. The summed E-state index contributed by atoms with van der Waals surface area (Å²) < 4.78 is 4.13. The van der Waals surface area contributed by atoms with E-state index in [1.807, 2.05) is 30.3 Å². The third-order valence-electron chi connectivity index (χ3n) is 1.82. The Morgan fingerprint density at radius 2 is 2.00 bits per heavy atom. The molecule has 0 spiro atoms. The van der Waals surface area contributed by atoms with E-state index >= 15 is 0 Å². The van der Waals surface area contributed by atoms with Crippen LogP contribution < -0.4 is 5.73 Å². The van der Waals surface area contributed by atoms with Crippen molar-refractivity contribution in [3.63, 3.8) is 0 Å². The van der Waals surface area contributed by atoms with Crippen molar-refractivity contribution in [1.82, 2.24) is 0 Å². The number of hydrogen-bond donors (Lipinski definition) is 3. The zero-order valence-electron chi connectivity index (χ0n) is 8.04. The van der Waals surface area contributed by atoms with Gasteiger partial charge in [0.1, 0.15) is 6.04 Å². The molecule has 80 valence electrons. The maximum atomic E-state index is 11.1. The number of carbonyl (C=O) groups excluding carboxylic acids is 1. The van der Waals surface area contributed by atoms with Gasteiger partial charge in [0, 0.05) is 0 Å². The standard InChI is InChI=1S/C9H12BNO4/c11-8(9(12)15-10(13)14)6-7-4-2-1-3-5-7/h1-5,8,13-14H,6,11H2/t8-/m0/s1. The van der Waals surface area contributed by atoms with E-state index in [0.717, 1.165) is 5.56 Å². The van der Waals surface area contributed by atoms with Crippen LogP contribution in [0.2, 0.25) is 0 Å². The number of nitrogens with two attached hydrogens (primary N) is 1. The lowest BCUT2D eigenvalue weighted by atomic mass is 10.1. The molecule has 0 aliphatic rings. The van der Waals surface area contributed by atoms with E-state index < -0.39 is 19.3 Å². The molecule has 5 nitrogen and oxygen atoms in total. The van der Waals surface area contributed by atoms with Crippen LogP contribution in [0.3, 0.4) is 0 Å². The van der Waals surface area contributed by atoms with Crippen LogP contribution in [0.1, 0.15) is 5.56 Å². The van der Waals surface area contributed by atoms with E-state index in [2.05, 4.69) is 4.65 Å². The van der Waals surface area contributed by atoms with Gasteiger partial charge in [-0.2, -0.15) is 0 Å². The second-order valence-electron chi connectivity index (χ2n) is 3.06. The summed E-state index contributed by atoms with van der Waals surface area (Å²) in [5, 5.41) is 16.8. The summed E-state index contributed by atoms with van der Waals surface area (Å²) in [6, 6.07) is 8.26. The van der Waals surface area contributed by atoms with E-state index in [0.29, 0.717) is 6.42 Å². The van der Waals surface area contributed by atoms with Crippen LogP contribution in [0.25, 0.3) is 0 Å². The Morgan fingerprint density at radius 3 is 2.53 bits per heavy atom. The van der Waals surface area contributed by atoms with E-state index in [1.165, 1.54) is 0 Å². The summed E-state index contributed by atoms with van der Waals surface area (Å²) in [6.45, 7) is 0. The minimum atomic E-state index is -2.11. The minimum absolute atomic E-state index is 0.298. The highest BCUT2D eigenvalue weighted by molar-refractivity contribution is 6.35. The molecule has 0 heterocycles. The van der Waals surface area contributed by atoms with Crippen LogP contribution in [0.4, 0.5) is 0 Å². The van der Waals surface area contributed by atoms with Gasteiger partial charge in [0.15, 0.2) is 0 Å². The molecule has 1 aromatic carbocycles. The van der Waals surface area contributed by atoms with Gasteiger partial charge in [-0.3, -0.25) is 4.79 Å². The normalized spacial score (nSPS) is 11.9. The average molecular weight is 209 g/mol. The predicted molar refractivity (Wildman–Crippen MR) is 54.4 cm³/mol. The van der Waals surface area contributed by atoms with Crippen LogP contribution in [0.5, 0.6) is 0 Å². The second-order valence-corrected chi connectivity index (χ2v) is 3.06. The predicted octanol–water partition coefficient (Wildman–Crippen LogP) is -0.931. The zero-order valence-corrected chi connectivity index (χ0v) is 8.04. The fourth-order valence-electron chi connectivity index (χ4n) is 1.14. The summed E-state index contributed by atoms with van der Waals surface area (Å²) in [7, 11) is -2.11. The monoisotopic (exact) mass is 209 g/mol. The molecule has 0 aromatic heterocycles. The van der Waals surface area contributed by atoms with Crippen LogP contribution in [-0.4, -0.2) is 29.4 Å². The van der Waals surface area contributed by atoms with Crippen molar-refractivity contribution in [3.05, 3.63) is 35.9 Å². The molecule has 0 aliphatic heterocycles. The Kier molecular flexibility index (Phi) is 4.29. The summed E-state index contributed by atoms with van der Waals surface area (Å²) in [4.78, 5) is 11.1. The first-order valence-electron chi connectivity index (χ1n) is 4.45. The van der Waals surface area contributed by atoms with Gasteiger partial charge in [-0.1, -0.05) is 30.3 Å². The van der Waals surface area contributed by atoms with Gasteiger partial charge in [-0.05, 0) is 12.0 Å². The first kappa shape index (κ1) is 11.7. The molecule has 1 rings (SSSR count). The van der Waals surface area contributed by atoms with Gasteiger partial charge in [0.25, 0.3) is 0 Å². The maximum Gasteiger partial charge on any atom is 0.709 e. The van der Waals surface area contributed by atoms with Gasteiger partial charge < -0.3 is 20.4 Å². The third kappa shape index (κ3) is 4.12. The first-order valence-corrected chi connectivity index (χ1v) is 4.45. The molecular weight excluding hydrogens is 197 g/mol. The largest absolute Gasteiger partial charge is 0.709 e. The average Bonchev–Trinajstić information content (AvgIpc) is 2.18. The van der Waals surface area contributed by atoms with Gasteiger partial charge in [-0.25, -0.2) is 0 Å². The van der Waals surface area contributed by atoms with E-state index in [1.54, 1.807) is 0 Å². The van der Waals surface area contributed by atoms with Crippen molar-refractivity contribution in [3.8, 4) is 0 Å². The molecule has 0 saturated heterocycles. The lowest BCUT2D eigenvalue weighted by Crippen LogP contribution is -2.38. The highest BCUT2D eigenvalue weighted by atomic mass is 16.6. The molecule has 0 radical (unpaired) electrons. The fraction of sp³-hybridized carbons (Fsp3) is 0.222. The molecule has 0 aliphatic carbocycles. The van der Waals surface area contributed by atoms with Crippen molar-refractivity contribution in [2.24, 2.45) is 5.73 Å². The number of rotatable bonds is 4. The summed E-state index contributed by atoms with van der Waals surface area (Å²) in [6.07, 6.45) is 0.298. The van der Waals surface area contributed by atoms with E-state index in [9.17, 15) is 4.79 Å². The van der Waals surface area contributed by atoms with Gasteiger partial charge in [0.2, 0.25) is 0 Å². The highest BCUT2D eigenvalue weighted by Crippen LogP contribution is 2.02. The first-order chi connectivity index (χ1) is 7.09. The van der Waals surface area contributed by atoms with Crippen molar-refractivity contribution >= 4 is 13.3 Å². The Hall–Kier alpha value is -1.37. The van der Waals surface area contributed by atoms with Crippen LogP contribution in [0, 0.1) is 0 Å². The molecule has 0 amide bonds. The molecule has 0 unspecified atom stereocenters. The van der Waals surface area contributed by atoms with E-state index in [4.69, 9.17) is 15.8 Å². The van der Waals surface area contributed by atoms with Crippen LogP contribution >= 0.6 is 0 Å². The minimum Gasteiger partial charge on any atom is -0.484 e. The quantitative estimate of drug-likeness (QED) is 0.557. The smallest absolute Gasteiger partial charge is 0.484 e. The van der Waals surface area contributed by atoms with Crippen molar-refractivity contribution in [2.75, 3.05) is 0 Å². The zero-order chi connectivity index (χ0) is 11.3. The maximum absolute atomic E-state index is 11.1. The lowest BCUT2D eigenvalue weighted by molar-refractivity contribution is -0.138.